The quantitative estimate of drug-likeness (QED) is 0.573. The second-order valence-electron chi connectivity index (χ2n) is 8.50. The average Bonchev–Trinajstić information content (AvgIpc) is 2.54. The summed E-state index contributed by atoms with van der Waals surface area (Å²) in [6.45, 7) is 20.3. The second kappa shape index (κ2) is 10.2. The molecule has 0 radical (unpaired) electrons. The Labute approximate surface area is 148 Å². The minimum Gasteiger partial charge on any atom is -0.363 e. The molecule has 0 aliphatic carbocycles. The maximum atomic E-state index is 2.70. The van der Waals surface area contributed by atoms with Crippen LogP contribution in [0.3, 0.4) is 0 Å². The van der Waals surface area contributed by atoms with E-state index in [-0.39, 0.29) is 0 Å². The van der Waals surface area contributed by atoms with Crippen LogP contribution in [0.15, 0.2) is 0 Å². The zero-order valence-corrected chi connectivity index (χ0v) is 17.1. The topological polar surface area (TPSA) is 9.72 Å². The molecule has 2 unspecified atom stereocenters. The van der Waals surface area contributed by atoms with E-state index in [9.17, 15) is 0 Å². The van der Waals surface area contributed by atoms with Gasteiger partial charge in [-0.25, -0.2) is 0 Å². The van der Waals surface area contributed by atoms with Gasteiger partial charge in [0.15, 0.2) is 0 Å². The molecule has 0 aromatic carbocycles. The molecule has 0 saturated carbocycles. The van der Waals surface area contributed by atoms with Gasteiger partial charge in [-0.1, -0.05) is 61.3 Å². The van der Waals surface area contributed by atoms with E-state index >= 15 is 0 Å². The Morgan fingerprint density at radius 1 is 0.739 bits per heavy atom. The van der Waals surface area contributed by atoms with Crippen LogP contribution in [0.2, 0.25) is 0 Å². The maximum Gasteiger partial charge on any atom is 0.270 e. The van der Waals surface area contributed by atoms with Crippen molar-refractivity contribution in [3.63, 3.8) is 0 Å². The number of nitrogens with zero attached hydrogens (tertiary/aromatic N) is 3. The highest BCUT2D eigenvalue weighted by molar-refractivity contribution is 6.64. The van der Waals surface area contributed by atoms with E-state index in [4.69, 9.17) is 0 Å². The molecule has 0 amide bonds. The Hall–Kier alpha value is 0.0748. The fourth-order valence-electron chi connectivity index (χ4n) is 3.47. The van der Waals surface area contributed by atoms with Crippen molar-refractivity contribution in [3.05, 3.63) is 0 Å². The first-order valence-electron chi connectivity index (χ1n) is 10.0. The Balaban J connectivity index is 2.71. The van der Waals surface area contributed by atoms with Gasteiger partial charge in [-0.2, -0.15) is 0 Å². The highest BCUT2D eigenvalue weighted by atomic mass is 15.3. The van der Waals surface area contributed by atoms with Gasteiger partial charge in [-0.15, -0.1) is 0 Å². The van der Waals surface area contributed by atoms with Crippen molar-refractivity contribution in [2.24, 2.45) is 17.3 Å². The van der Waals surface area contributed by atoms with Gasteiger partial charge in [0.2, 0.25) is 0 Å². The molecule has 3 nitrogen and oxygen atoms in total. The molecule has 1 aliphatic heterocycles. The zero-order chi connectivity index (χ0) is 17.5. The van der Waals surface area contributed by atoms with Gasteiger partial charge < -0.3 is 14.2 Å². The summed E-state index contributed by atoms with van der Waals surface area (Å²) in [5.41, 5.74) is 0.460. The van der Waals surface area contributed by atoms with Crippen LogP contribution in [-0.4, -0.2) is 56.4 Å². The third kappa shape index (κ3) is 7.23. The van der Waals surface area contributed by atoms with Crippen molar-refractivity contribution in [2.75, 3.05) is 19.6 Å². The fourth-order valence-corrected chi connectivity index (χ4v) is 3.47. The Morgan fingerprint density at radius 2 is 1.13 bits per heavy atom. The normalized spacial score (nSPS) is 20.5. The molecular formula is C17H40B3N3. The first kappa shape index (κ1) is 21.1. The standard InChI is InChI=1S/C17H40B3N3/c1-8-15(5)12-21-18-22(13-16(6)9-2)20-23(19-21)14-17(7,10-3)11-4/h15-16,18-20H,8-14H2,1-7H3. The fraction of sp³-hybridized carbons (Fsp3) is 1.00. The average molecular weight is 319 g/mol. The lowest BCUT2D eigenvalue weighted by Gasteiger charge is -2.45. The van der Waals surface area contributed by atoms with Crippen LogP contribution in [-0.2, 0) is 0 Å². The molecule has 1 aliphatic rings. The molecule has 23 heavy (non-hydrogen) atoms. The van der Waals surface area contributed by atoms with Crippen LogP contribution in [0.5, 0.6) is 0 Å². The van der Waals surface area contributed by atoms with Crippen molar-refractivity contribution < 1.29 is 0 Å². The van der Waals surface area contributed by atoms with Crippen LogP contribution in [0.1, 0.15) is 74.1 Å². The molecular weight excluding hydrogens is 279 g/mol. The van der Waals surface area contributed by atoms with Gasteiger partial charge in [0.05, 0.1) is 0 Å². The molecule has 1 heterocycles. The molecule has 132 valence electrons. The van der Waals surface area contributed by atoms with E-state index in [2.05, 4.69) is 62.6 Å². The van der Waals surface area contributed by atoms with Crippen LogP contribution < -0.4 is 0 Å². The Kier molecular flexibility index (Phi) is 9.32. The molecule has 1 fully saturated rings. The molecule has 6 heteroatoms. The summed E-state index contributed by atoms with van der Waals surface area (Å²) in [6.07, 6.45) is 5.11. The zero-order valence-electron chi connectivity index (χ0n) is 17.1. The predicted octanol–water partition coefficient (Wildman–Crippen LogP) is 2.62. The largest absolute Gasteiger partial charge is 0.363 e. The summed E-state index contributed by atoms with van der Waals surface area (Å²) >= 11 is 0. The van der Waals surface area contributed by atoms with E-state index in [1.807, 2.05) is 0 Å². The third-order valence-electron chi connectivity index (χ3n) is 6.05. The summed E-state index contributed by atoms with van der Waals surface area (Å²) < 4.78 is 8.04. The summed E-state index contributed by atoms with van der Waals surface area (Å²) in [6, 6.07) is 0. The third-order valence-corrected chi connectivity index (χ3v) is 6.05. The minimum absolute atomic E-state index is 0.460. The van der Waals surface area contributed by atoms with Gasteiger partial charge >= 0.3 is 0 Å². The van der Waals surface area contributed by atoms with Crippen molar-refractivity contribution in [3.8, 4) is 0 Å². The van der Waals surface area contributed by atoms with E-state index < -0.39 is 0 Å². The lowest BCUT2D eigenvalue weighted by Crippen LogP contribution is -2.63. The molecule has 0 N–H and O–H groups in total. The molecule has 1 saturated heterocycles. The van der Waals surface area contributed by atoms with Crippen molar-refractivity contribution in [1.82, 2.24) is 14.2 Å². The van der Waals surface area contributed by atoms with E-state index in [0.29, 0.717) is 5.41 Å². The Bertz CT molecular complexity index is 306. The van der Waals surface area contributed by atoms with E-state index in [1.165, 1.54) is 45.3 Å². The Morgan fingerprint density at radius 3 is 1.48 bits per heavy atom. The van der Waals surface area contributed by atoms with E-state index in [1.54, 1.807) is 0 Å². The van der Waals surface area contributed by atoms with Gasteiger partial charge in [0, 0.05) is 0 Å². The van der Waals surface area contributed by atoms with E-state index in [0.717, 1.165) is 34.5 Å². The lowest BCUT2D eigenvalue weighted by molar-refractivity contribution is 0.251. The van der Waals surface area contributed by atoms with Crippen molar-refractivity contribution in [1.29, 1.82) is 0 Å². The number of rotatable bonds is 10. The molecule has 0 aromatic heterocycles. The van der Waals surface area contributed by atoms with Gasteiger partial charge in [-0.3, -0.25) is 0 Å². The van der Waals surface area contributed by atoms with Crippen molar-refractivity contribution in [2.45, 2.75) is 74.1 Å². The first-order valence-corrected chi connectivity index (χ1v) is 10.0. The monoisotopic (exact) mass is 319 g/mol. The molecule has 0 bridgehead atoms. The summed E-state index contributed by atoms with van der Waals surface area (Å²) in [5.74, 6) is 1.59. The second-order valence-corrected chi connectivity index (χ2v) is 8.50. The van der Waals surface area contributed by atoms with Crippen LogP contribution in [0.25, 0.3) is 0 Å². The molecule has 0 spiro atoms. The van der Waals surface area contributed by atoms with Gasteiger partial charge in [0.25, 0.3) is 22.6 Å². The summed E-state index contributed by atoms with van der Waals surface area (Å²) in [5, 5.41) is 0. The van der Waals surface area contributed by atoms with Crippen LogP contribution in [0, 0.1) is 17.3 Å². The first-order chi connectivity index (χ1) is 10.9. The highest BCUT2D eigenvalue weighted by Gasteiger charge is 2.32. The van der Waals surface area contributed by atoms with Gasteiger partial charge in [-0.05, 0) is 49.7 Å². The van der Waals surface area contributed by atoms with Crippen LogP contribution in [0.4, 0.5) is 0 Å². The summed E-state index contributed by atoms with van der Waals surface area (Å²) in [7, 11) is 3.45. The predicted molar refractivity (Wildman–Crippen MR) is 109 cm³/mol. The lowest BCUT2D eigenvalue weighted by atomic mass is 9.70. The molecule has 2 atom stereocenters. The summed E-state index contributed by atoms with van der Waals surface area (Å²) in [4.78, 5) is 0. The van der Waals surface area contributed by atoms with Gasteiger partial charge in [0.1, 0.15) is 0 Å². The SMILES string of the molecule is CCC(C)CN1BN(CC(C)CC)BN(CC(C)(CC)CC)B1. The molecule has 0 aromatic rings. The minimum atomic E-state index is 0.460. The van der Waals surface area contributed by atoms with Crippen LogP contribution >= 0.6 is 0 Å². The van der Waals surface area contributed by atoms with Crippen molar-refractivity contribution >= 4 is 22.6 Å². The highest BCUT2D eigenvalue weighted by Crippen LogP contribution is 2.27. The molecule has 1 rings (SSSR count). The smallest absolute Gasteiger partial charge is 0.270 e. The number of hydrogen-bond acceptors (Lipinski definition) is 3. The maximum absolute atomic E-state index is 2.70. The number of hydrogen-bond donors (Lipinski definition) is 0.